The summed E-state index contributed by atoms with van der Waals surface area (Å²) in [6.07, 6.45) is -1.11. The molecule has 0 radical (unpaired) electrons. The van der Waals surface area contributed by atoms with Gasteiger partial charge in [0.2, 0.25) is 0 Å². The number of rotatable bonds is 4. The van der Waals surface area contributed by atoms with Crippen LogP contribution in [0.4, 0.5) is 4.39 Å². The molecule has 1 aromatic heterocycles. The van der Waals surface area contributed by atoms with E-state index in [1.165, 1.54) is 0 Å². The van der Waals surface area contributed by atoms with Gasteiger partial charge in [-0.25, -0.2) is 0 Å². The van der Waals surface area contributed by atoms with Crippen LogP contribution < -0.4 is 11.2 Å². The molecule has 3 rings (SSSR count). The van der Waals surface area contributed by atoms with E-state index < -0.39 is 43.7 Å². The molecule has 24 heavy (non-hydrogen) atoms. The van der Waals surface area contributed by atoms with Gasteiger partial charge < -0.3 is 0 Å². The Labute approximate surface area is 135 Å². The molecule has 0 saturated carbocycles. The van der Waals surface area contributed by atoms with Crippen LogP contribution in [0.1, 0.15) is 19.1 Å². The first-order chi connectivity index (χ1) is 11.4. The zero-order valence-electron chi connectivity index (χ0n) is 12.3. The summed E-state index contributed by atoms with van der Waals surface area (Å²) in [5.41, 5.74) is -1.93. The first-order valence-electron chi connectivity index (χ1n) is 7.13. The average molecular weight is 363 g/mol. The predicted octanol–water partition coefficient (Wildman–Crippen LogP) is -0.289. The molecule has 0 aromatic carbocycles. The quantitative estimate of drug-likeness (QED) is 0.550. The molecule has 0 amide bonds. The van der Waals surface area contributed by atoms with Gasteiger partial charge in [-0.2, -0.15) is 0 Å². The van der Waals surface area contributed by atoms with Crippen molar-refractivity contribution >= 4 is 8.17 Å². The van der Waals surface area contributed by atoms with Crippen molar-refractivity contribution in [2.24, 2.45) is 0 Å². The summed E-state index contributed by atoms with van der Waals surface area (Å²) in [4.78, 5) is 34.9. The molecule has 132 valence electrons. The summed E-state index contributed by atoms with van der Waals surface area (Å²) in [6, 6.07) is 1.86. The zero-order chi connectivity index (χ0) is 17.3. The van der Waals surface area contributed by atoms with Crippen LogP contribution in [0, 0.1) is 17.1 Å². The number of aromatic nitrogens is 2. The van der Waals surface area contributed by atoms with Crippen LogP contribution in [0.5, 0.6) is 0 Å². The predicted molar refractivity (Wildman–Crippen MR) is 77.3 cm³/mol. The second-order valence-corrected chi connectivity index (χ2v) is 7.12. The number of H-pyrrole nitrogens is 1. The van der Waals surface area contributed by atoms with Crippen molar-refractivity contribution in [3.05, 3.63) is 32.9 Å². The fourth-order valence-electron chi connectivity index (χ4n) is 2.53. The maximum absolute atomic E-state index is 13.4. The van der Waals surface area contributed by atoms with Crippen molar-refractivity contribution in [3.8, 4) is 6.07 Å². The van der Waals surface area contributed by atoms with E-state index in [1.807, 2.05) is 11.1 Å². The van der Waals surface area contributed by atoms with Gasteiger partial charge in [0.15, 0.2) is 0 Å². The van der Waals surface area contributed by atoms with Gasteiger partial charge in [-0.3, -0.25) is 0 Å². The molecule has 10 nitrogen and oxygen atoms in total. The molecule has 0 aliphatic carbocycles. The Morgan fingerprint density at radius 1 is 1.54 bits per heavy atom. The number of hydrogen-bond donors (Lipinski definition) is 2. The van der Waals surface area contributed by atoms with E-state index in [4.69, 9.17) is 23.6 Å². The van der Waals surface area contributed by atoms with Crippen molar-refractivity contribution in [1.29, 1.82) is 5.26 Å². The minimum atomic E-state index is -3.87. The third-order valence-electron chi connectivity index (χ3n) is 3.64. The third kappa shape index (κ3) is 3.39. The summed E-state index contributed by atoms with van der Waals surface area (Å²) >= 11 is 0. The number of hydrogen-bond acceptors (Lipinski definition) is 8. The molecular weight excluding hydrogens is 348 g/mol. The number of fused-ring (bicyclic) bond motifs is 1. The maximum atomic E-state index is 13.4. The Balaban J connectivity index is 1.71. The third-order valence-corrected chi connectivity index (χ3v) is 5.34. The summed E-state index contributed by atoms with van der Waals surface area (Å²) in [5, 5.41) is 8.47. The fraction of sp³-hybridized carbons (Fsp3) is 0.583. The monoisotopic (exact) mass is 363 g/mol. The molecule has 12 heteroatoms. The van der Waals surface area contributed by atoms with Crippen molar-refractivity contribution in [1.82, 2.24) is 9.55 Å². The van der Waals surface area contributed by atoms with E-state index in [1.54, 1.807) is 0 Å². The zero-order valence-corrected chi connectivity index (χ0v) is 13.3. The fourth-order valence-corrected chi connectivity index (χ4v) is 4.12. The van der Waals surface area contributed by atoms with Crippen LogP contribution in [-0.2, 0) is 18.3 Å². The molecule has 2 saturated heterocycles. The minimum absolute atomic E-state index is 0.0307. The average Bonchev–Trinajstić information content (AvgIpc) is 2.93. The number of nitrogens with zero attached hydrogens (tertiary/aromatic N) is 2. The molecule has 2 fully saturated rings. The number of aromatic amines is 1. The van der Waals surface area contributed by atoms with Crippen molar-refractivity contribution < 1.29 is 27.6 Å². The first kappa shape index (κ1) is 17.2. The molecule has 2 aliphatic heterocycles. The Morgan fingerprint density at radius 2 is 2.33 bits per heavy atom. The molecule has 0 unspecified atom stereocenters. The molecular formula is C12H15FN3O7P. The number of halogens is 1. The van der Waals surface area contributed by atoms with Gasteiger partial charge in [-0.15, -0.1) is 0 Å². The molecule has 2 aliphatic rings. The van der Waals surface area contributed by atoms with E-state index in [0.717, 1.165) is 10.8 Å². The molecule has 2 N–H and O–H groups in total. The van der Waals surface area contributed by atoms with Crippen LogP contribution >= 0.6 is 8.17 Å². The summed E-state index contributed by atoms with van der Waals surface area (Å²) in [5.74, 6) is -1.11. The van der Waals surface area contributed by atoms with Crippen LogP contribution in [0.25, 0.3) is 0 Å². The summed E-state index contributed by atoms with van der Waals surface area (Å²) in [7, 11) is -3.87. The second-order valence-electron chi connectivity index (χ2n) is 5.26. The van der Waals surface area contributed by atoms with Crippen LogP contribution in [-0.4, -0.2) is 39.9 Å². The van der Waals surface area contributed by atoms with Gasteiger partial charge in [0, 0.05) is 0 Å². The van der Waals surface area contributed by atoms with Crippen LogP contribution in [0.2, 0.25) is 0 Å². The second kappa shape index (κ2) is 6.68. The molecule has 1 aromatic rings. The number of ether oxygens (including phenoxy) is 1. The van der Waals surface area contributed by atoms with Gasteiger partial charge in [0.1, 0.15) is 0 Å². The van der Waals surface area contributed by atoms with Gasteiger partial charge in [-0.1, -0.05) is 0 Å². The summed E-state index contributed by atoms with van der Waals surface area (Å²) in [6.45, 7) is -0.0669. The van der Waals surface area contributed by atoms with Crippen molar-refractivity contribution in [2.75, 3.05) is 13.2 Å². The van der Waals surface area contributed by atoms with Crippen molar-refractivity contribution in [3.63, 3.8) is 0 Å². The van der Waals surface area contributed by atoms with E-state index >= 15 is 0 Å². The van der Waals surface area contributed by atoms with Gasteiger partial charge >= 0.3 is 134 Å². The van der Waals surface area contributed by atoms with Crippen LogP contribution in [0.15, 0.2) is 15.8 Å². The Hall–Kier alpha value is -1.67. The topological polar surface area (TPSA) is 136 Å². The Morgan fingerprint density at radius 3 is 3.08 bits per heavy atom. The standard InChI is InChI=1S/C12H15FN3O7P/c13-7-5-16(12(18)15-11(7)17)10-4-8-9(22-10)6-21-24(19,23-8)20-3-1-2-14/h5,8-10,19,24H,1,3-4,6H2,(H,15,17,18)/t8-,9+,10+/m0/s1. The van der Waals surface area contributed by atoms with Crippen LogP contribution in [0.3, 0.4) is 0 Å². The van der Waals surface area contributed by atoms with E-state index in [2.05, 4.69) is 0 Å². The Kier molecular flexibility index (Phi) is 4.78. The SMILES string of the molecule is N#CCCO[PH]1(O)OC[C@H]2O[C@@H](n3cc(F)c(=O)[nH]c3=O)C[C@@H]2O1. The van der Waals surface area contributed by atoms with E-state index in [-0.39, 0.29) is 26.1 Å². The van der Waals surface area contributed by atoms with Gasteiger partial charge in [0.05, 0.1) is 0 Å². The van der Waals surface area contributed by atoms with E-state index in [0.29, 0.717) is 0 Å². The number of nitrogens with one attached hydrogen (secondary N) is 1. The first-order valence-corrected chi connectivity index (χ1v) is 8.80. The molecule has 0 spiro atoms. The van der Waals surface area contributed by atoms with Gasteiger partial charge in [-0.05, 0) is 0 Å². The Bertz CT molecular complexity index is 777. The normalized spacial score (nSPS) is 29.6. The number of nitriles is 1. The molecule has 3 heterocycles. The van der Waals surface area contributed by atoms with Crippen molar-refractivity contribution in [2.45, 2.75) is 31.3 Å². The van der Waals surface area contributed by atoms with Gasteiger partial charge in [0.25, 0.3) is 0 Å². The van der Waals surface area contributed by atoms with E-state index in [9.17, 15) is 18.9 Å². The molecule has 0 bridgehead atoms. The summed E-state index contributed by atoms with van der Waals surface area (Å²) < 4.78 is 35.6. The molecule has 3 atom stereocenters.